The second-order valence-electron chi connectivity index (χ2n) is 3.77. The molecule has 0 atom stereocenters. The zero-order chi connectivity index (χ0) is 12.1. The molecule has 0 aliphatic carbocycles. The minimum absolute atomic E-state index is 1.22. The van der Waals surface area contributed by atoms with E-state index in [4.69, 9.17) is 0 Å². The van der Waals surface area contributed by atoms with E-state index in [1.165, 1.54) is 22.5 Å². The van der Waals surface area contributed by atoms with Crippen LogP contribution in [0.5, 0.6) is 0 Å². The molecule has 1 rings (SSSR count). The summed E-state index contributed by atoms with van der Waals surface area (Å²) in [7, 11) is 2.07. The number of rotatable bonds is 4. The minimum Gasteiger partial charge on any atom is -0.344 e. The Kier molecular flexibility index (Phi) is 4.12. The second-order valence-corrected chi connectivity index (χ2v) is 3.77. The van der Waals surface area contributed by atoms with Gasteiger partial charge in [-0.3, -0.25) is 0 Å². The first-order chi connectivity index (χ1) is 7.63. The van der Waals surface area contributed by atoms with Crippen LogP contribution in [-0.2, 0) is 7.05 Å². The molecule has 1 aromatic heterocycles. The highest BCUT2D eigenvalue weighted by Gasteiger charge is 2.10. The zero-order valence-corrected chi connectivity index (χ0v) is 10.3. The number of nitrogens with zero attached hydrogens (tertiary/aromatic N) is 1. The Bertz CT molecular complexity index is 415. The fourth-order valence-corrected chi connectivity index (χ4v) is 1.81. The quantitative estimate of drug-likeness (QED) is 0.665. The van der Waals surface area contributed by atoms with Crippen molar-refractivity contribution in [2.24, 2.45) is 7.05 Å². The third kappa shape index (κ3) is 2.25. The molecular formula is C15H19N. The summed E-state index contributed by atoms with van der Waals surface area (Å²) in [5.74, 6) is 0. The highest BCUT2D eigenvalue weighted by molar-refractivity contribution is 5.63. The Morgan fingerprint density at radius 1 is 0.875 bits per heavy atom. The van der Waals surface area contributed by atoms with Gasteiger partial charge in [-0.25, -0.2) is 0 Å². The van der Waals surface area contributed by atoms with E-state index in [0.29, 0.717) is 0 Å². The van der Waals surface area contributed by atoms with E-state index in [9.17, 15) is 0 Å². The van der Waals surface area contributed by atoms with Crippen LogP contribution in [0.4, 0.5) is 0 Å². The first kappa shape index (κ1) is 12.3. The summed E-state index contributed by atoms with van der Waals surface area (Å²) >= 11 is 0. The minimum atomic E-state index is 1.22. The van der Waals surface area contributed by atoms with Gasteiger partial charge in [-0.1, -0.05) is 37.5 Å². The number of allylic oxidation sites excluding steroid dienone is 4. The van der Waals surface area contributed by atoms with Crippen molar-refractivity contribution in [1.82, 2.24) is 4.57 Å². The molecule has 0 spiro atoms. The van der Waals surface area contributed by atoms with Crippen molar-refractivity contribution in [3.05, 3.63) is 60.0 Å². The molecule has 1 heteroatoms. The molecule has 0 saturated carbocycles. The fraction of sp³-hybridized carbons (Fsp3) is 0.200. The van der Waals surface area contributed by atoms with Gasteiger partial charge in [0.2, 0.25) is 0 Å². The van der Waals surface area contributed by atoms with E-state index in [1.807, 2.05) is 12.2 Å². The molecule has 0 saturated heterocycles. The Balaban J connectivity index is 3.32. The van der Waals surface area contributed by atoms with Gasteiger partial charge in [0, 0.05) is 18.4 Å². The van der Waals surface area contributed by atoms with Gasteiger partial charge in [0.15, 0.2) is 0 Å². The van der Waals surface area contributed by atoms with Gasteiger partial charge in [-0.2, -0.15) is 0 Å². The maximum Gasteiger partial charge on any atom is 0.0441 e. The Labute approximate surface area is 98.1 Å². The maximum atomic E-state index is 3.69. The summed E-state index contributed by atoms with van der Waals surface area (Å²) in [5, 5.41) is 0. The third-order valence-electron chi connectivity index (χ3n) is 2.83. The van der Waals surface area contributed by atoms with E-state index in [0.717, 1.165) is 0 Å². The van der Waals surface area contributed by atoms with Gasteiger partial charge in [0.1, 0.15) is 0 Å². The zero-order valence-electron chi connectivity index (χ0n) is 10.3. The predicted molar refractivity (Wildman–Crippen MR) is 73.3 cm³/mol. The molecule has 0 aromatic carbocycles. The van der Waals surface area contributed by atoms with E-state index in [2.05, 4.69) is 50.8 Å². The van der Waals surface area contributed by atoms with Crippen molar-refractivity contribution in [3.63, 3.8) is 0 Å². The third-order valence-corrected chi connectivity index (χ3v) is 2.83. The SMILES string of the molecule is C=C/C=C\c1c(C)c(C)c(/C=C\C=C)n1C. The van der Waals surface area contributed by atoms with Crippen molar-refractivity contribution < 1.29 is 0 Å². The Morgan fingerprint density at radius 3 is 1.56 bits per heavy atom. The van der Waals surface area contributed by atoms with Gasteiger partial charge in [0.25, 0.3) is 0 Å². The molecule has 1 aromatic rings. The largest absolute Gasteiger partial charge is 0.344 e. The average Bonchev–Trinajstić information content (AvgIpc) is 2.47. The van der Waals surface area contributed by atoms with E-state index in [-0.39, 0.29) is 0 Å². The first-order valence-corrected chi connectivity index (χ1v) is 5.37. The predicted octanol–water partition coefficient (Wildman–Crippen LogP) is 4.04. The second kappa shape index (κ2) is 5.36. The van der Waals surface area contributed by atoms with Crippen molar-refractivity contribution in [2.45, 2.75) is 13.8 Å². The van der Waals surface area contributed by atoms with Crippen LogP contribution in [0.1, 0.15) is 22.5 Å². The number of hydrogen-bond donors (Lipinski definition) is 0. The van der Waals surface area contributed by atoms with E-state index < -0.39 is 0 Å². The maximum absolute atomic E-state index is 3.69. The smallest absolute Gasteiger partial charge is 0.0441 e. The molecule has 1 nitrogen and oxygen atoms in total. The van der Waals surface area contributed by atoms with E-state index >= 15 is 0 Å². The molecule has 16 heavy (non-hydrogen) atoms. The summed E-state index contributed by atoms with van der Waals surface area (Å²) in [5.41, 5.74) is 5.07. The standard InChI is InChI=1S/C15H19N/c1-6-8-10-14-12(3)13(4)15(16(14)5)11-9-7-2/h6-11H,1-2H2,3-5H3/b10-8-,11-9-. The topological polar surface area (TPSA) is 4.93 Å². The lowest BCUT2D eigenvalue weighted by Gasteiger charge is -2.01. The summed E-state index contributed by atoms with van der Waals surface area (Å²) in [6, 6.07) is 0. The van der Waals surface area contributed by atoms with Crippen LogP contribution in [-0.4, -0.2) is 4.57 Å². The van der Waals surface area contributed by atoms with Crippen LogP contribution in [0, 0.1) is 13.8 Å². The lowest BCUT2D eigenvalue weighted by molar-refractivity contribution is 0.896. The normalized spacial score (nSPS) is 11.4. The molecule has 0 bridgehead atoms. The van der Waals surface area contributed by atoms with Crippen LogP contribution in [0.15, 0.2) is 37.5 Å². The summed E-state index contributed by atoms with van der Waals surface area (Å²) in [4.78, 5) is 0. The lowest BCUT2D eigenvalue weighted by atomic mass is 10.1. The van der Waals surface area contributed by atoms with Crippen LogP contribution in [0.25, 0.3) is 12.2 Å². The molecule has 84 valence electrons. The summed E-state index contributed by atoms with van der Waals surface area (Å²) in [6.45, 7) is 11.7. The lowest BCUT2D eigenvalue weighted by Crippen LogP contribution is -1.94. The molecule has 1 heterocycles. The number of aromatic nitrogens is 1. The highest BCUT2D eigenvalue weighted by atomic mass is 15.0. The Hall–Kier alpha value is -1.76. The van der Waals surface area contributed by atoms with Crippen molar-refractivity contribution in [3.8, 4) is 0 Å². The van der Waals surface area contributed by atoms with Gasteiger partial charge >= 0.3 is 0 Å². The highest BCUT2D eigenvalue weighted by Crippen LogP contribution is 2.23. The van der Waals surface area contributed by atoms with E-state index in [1.54, 1.807) is 12.2 Å². The molecule has 0 radical (unpaired) electrons. The molecule has 0 fully saturated rings. The number of hydrogen-bond acceptors (Lipinski definition) is 0. The molecule has 0 aliphatic heterocycles. The summed E-state index contributed by atoms with van der Waals surface area (Å²) < 4.78 is 2.19. The molecule has 0 amide bonds. The van der Waals surface area contributed by atoms with Gasteiger partial charge in [-0.05, 0) is 37.1 Å². The van der Waals surface area contributed by atoms with Gasteiger partial charge < -0.3 is 4.57 Å². The van der Waals surface area contributed by atoms with Crippen molar-refractivity contribution in [2.75, 3.05) is 0 Å². The summed E-state index contributed by atoms with van der Waals surface area (Å²) in [6.07, 6.45) is 11.7. The van der Waals surface area contributed by atoms with Gasteiger partial charge in [0.05, 0.1) is 0 Å². The monoisotopic (exact) mass is 213 g/mol. The van der Waals surface area contributed by atoms with Crippen LogP contribution < -0.4 is 0 Å². The Morgan fingerprint density at radius 2 is 1.25 bits per heavy atom. The molecule has 0 N–H and O–H groups in total. The molecule has 0 aliphatic rings. The molecule has 0 unspecified atom stereocenters. The van der Waals surface area contributed by atoms with Crippen molar-refractivity contribution >= 4 is 12.2 Å². The first-order valence-electron chi connectivity index (χ1n) is 5.37. The fourth-order valence-electron chi connectivity index (χ4n) is 1.81. The van der Waals surface area contributed by atoms with Crippen LogP contribution >= 0.6 is 0 Å². The van der Waals surface area contributed by atoms with Crippen molar-refractivity contribution in [1.29, 1.82) is 0 Å². The van der Waals surface area contributed by atoms with Gasteiger partial charge in [-0.15, -0.1) is 0 Å². The van der Waals surface area contributed by atoms with Crippen LogP contribution in [0.2, 0.25) is 0 Å². The van der Waals surface area contributed by atoms with Crippen LogP contribution in [0.3, 0.4) is 0 Å². The average molecular weight is 213 g/mol. The molecular weight excluding hydrogens is 194 g/mol.